The van der Waals surface area contributed by atoms with E-state index in [1.807, 2.05) is 13.8 Å². The van der Waals surface area contributed by atoms with Gasteiger partial charge >= 0.3 is 0 Å². The van der Waals surface area contributed by atoms with Crippen molar-refractivity contribution in [3.63, 3.8) is 0 Å². The zero-order valence-corrected chi connectivity index (χ0v) is 21.7. The molecule has 190 valence electrons. The van der Waals surface area contributed by atoms with Gasteiger partial charge in [0.05, 0.1) is 4.90 Å². The number of nitrogens with one attached hydrogen (secondary N) is 2. The number of carbonyl (C=O) groups is 2. The average molecular weight is 525 g/mol. The molecule has 1 saturated heterocycles. The van der Waals surface area contributed by atoms with Crippen LogP contribution in [0.1, 0.15) is 42.6 Å². The summed E-state index contributed by atoms with van der Waals surface area (Å²) in [5.41, 5.74) is 2.47. The van der Waals surface area contributed by atoms with E-state index in [2.05, 4.69) is 10.7 Å². The van der Waals surface area contributed by atoms with Crippen molar-refractivity contribution < 1.29 is 22.4 Å². The smallest absolute Gasteiger partial charge is 0.267 e. The van der Waals surface area contributed by atoms with Crippen molar-refractivity contribution in [2.75, 3.05) is 20.6 Å². The summed E-state index contributed by atoms with van der Waals surface area (Å²) in [4.78, 5) is 25.3. The van der Waals surface area contributed by atoms with Gasteiger partial charge < -0.3 is 5.32 Å². The largest absolute Gasteiger partial charge is 0.355 e. The zero-order chi connectivity index (χ0) is 26.0. The quantitative estimate of drug-likeness (QED) is 0.542. The molecular formula is C24H30ClFN4O4S. The molecule has 0 unspecified atom stereocenters. The Morgan fingerprint density at radius 1 is 1.23 bits per heavy atom. The third-order valence-corrected chi connectivity index (χ3v) is 8.30. The maximum absolute atomic E-state index is 15.1. The molecule has 0 radical (unpaired) electrons. The molecule has 1 aliphatic rings. The summed E-state index contributed by atoms with van der Waals surface area (Å²) in [6.45, 7) is 3.96. The fourth-order valence-electron chi connectivity index (χ4n) is 3.97. The third kappa shape index (κ3) is 6.19. The first-order valence-corrected chi connectivity index (χ1v) is 13.0. The predicted molar refractivity (Wildman–Crippen MR) is 132 cm³/mol. The van der Waals surface area contributed by atoms with Crippen LogP contribution in [-0.4, -0.2) is 56.2 Å². The molecule has 1 aliphatic heterocycles. The van der Waals surface area contributed by atoms with Gasteiger partial charge in [-0.3, -0.25) is 14.6 Å². The maximum Gasteiger partial charge on any atom is 0.267 e. The van der Waals surface area contributed by atoms with Crippen LogP contribution in [-0.2, 0) is 21.4 Å². The van der Waals surface area contributed by atoms with Gasteiger partial charge in [0.15, 0.2) is 0 Å². The van der Waals surface area contributed by atoms with E-state index in [0.29, 0.717) is 18.0 Å². The maximum atomic E-state index is 15.1. The van der Waals surface area contributed by atoms with Gasteiger partial charge in [-0.2, -0.15) is 4.31 Å². The predicted octanol–water partition coefficient (Wildman–Crippen LogP) is 3.18. The number of sulfonamides is 1. The molecule has 35 heavy (non-hydrogen) atoms. The molecule has 0 saturated carbocycles. The van der Waals surface area contributed by atoms with Crippen LogP contribution in [0.25, 0.3) is 0 Å². The van der Waals surface area contributed by atoms with Crippen molar-refractivity contribution >= 4 is 33.4 Å². The number of hydrogen-bond acceptors (Lipinski definition) is 5. The highest BCUT2D eigenvalue weighted by molar-refractivity contribution is 7.89. The number of nitrogens with zero attached hydrogens (tertiary/aromatic N) is 2. The van der Waals surface area contributed by atoms with E-state index >= 15 is 4.39 Å². The fourth-order valence-corrected chi connectivity index (χ4v) is 5.66. The zero-order valence-electron chi connectivity index (χ0n) is 20.1. The SMILES string of the molecule is CNN(C)C(=O)c1ccc(CN([C@@H]2CC(C)(C)CCNC2=O)S(=O)(=O)c2ccc(Cl)cc2)c(F)c1. The van der Waals surface area contributed by atoms with E-state index in [9.17, 15) is 18.0 Å². The van der Waals surface area contributed by atoms with Crippen LogP contribution >= 0.6 is 11.6 Å². The Balaban J connectivity index is 2.06. The molecule has 2 aromatic carbocycles. The van der Waals surface area contributed by atoms with Gasteiger partial charge in [-0.05, 0) is 54.7 Å². The lowest BCUT2D eigenvalue weighted by Gasteiger charge is -2.33. The van der Waals surface area contributed by atoms with Crippen LogP contribution in [0.2, 0.25) is 5.02 Å². The molecule has 3 rings (SSSR count). The summed E-state index contributed by atoms with van der Waals surface area (Å²) in [5.74, 6) is -1.63. The van der Waals surface area contributed by atoms with Gasteiger partial charge in [0.25, 0.3) is 5.91 Å². The molecule has 1 fully saturated rings. The first-order chi connectivity index (χ1) is 16.4. The molecule has 0 aliphatic carbocycles. The van der Waals surface area contributed by atoms with Crippen LogP contribution in [0.4, 0.5) is 4.39 Å². The number of benzene rings is 2. The Morgan fingerprint density at radius 3 is 2.49 bits per heavy atom. The van der Waals surface area contributed by atoms with Crippen LogP contribution in [0.5, 0.6) is 0 Å². The van der Waals surface area contributed by atoms with E-state index in [4.69, 9.17) is 11.6 Å². The summed E-state index contributed by atoms with van der Waals surface area (Å²) in [6.07, 6.45) is 0.936. The van der Waals surface area contributed by atoms with Crippen molar-refractivity contribution in [2.24, 2.45) is 5.41 Å². The summed E-state index contributed by atoms with van der Waals surface area (Å²) in [6, 6.07) is 8.42. The number of amides is 2. The average Bonchev–Trinajstić information content (AvgIpc) is 2.94. The van der Waals surface area contributed by atoms with E-state index in [-0.39, 0.29) is 34.4 Å². The van der Waals surface area contributed by atoms with Crippen LogP contribution in [0, 0.1) is 11.2 Å². The van der Waals surface area contributed by atoms with E-state index in [0.717, 1.165) is 10.4 Å². The van der Waals surface area contributed by atoms with Gasteiger partial charge in [-0.15, -0.1) is 0 Å². The van der Waals surface area contributed by atoms with Crippen LogP contribution in [0.15, 0.2) is 47.4 Å². The Morgan fingerprint density at radius 2 is 1.89 bits per heavy atom. The Hall–Kier alpha value is -2.53. The Bertz CT molecular complexity index is 1200. The van der Waals surface area contributed by atoms with Crippen molar-refractivity contribution in [1.82, 2.24) is 20.1 Å². The molecule has 11 heteroatoms. The Labute approximate surface area is 210 Å². The molecule has 0 bridgehead atoms. The third-order valence-electron chi connectivity index (χ3n) is 6.18. The number of hydrogen-bond donors (Lipinski definition) is 2. The molecule has 1 atom stereocenters. The molecule has 0 aromatic heterocycles. The van der Waals surface area contributed by atoms with Gasteiger partial charge in [-0.25, -0.2) is 18.2 Å². The standard InChI is InChI=1S/C24H30ClFN4O4S/c1-24(2)11-12-28-22(31)21(14-24)30(35(33,34)19-9-7-18(25)8-10-19)15-17-6-5-16(13-20(17)26)23(32)29(4)27-3/h5-10,13,21,27H,11-12,14-15H2,1-4H3,(H,28,31)/t21-/m1/s1. The highest BCUT2D eigenvalue weighted by Crippen LogP contribution is 2.34. The second kappa shape index (κ2) is 10.6. The Kier molecular flexibility index (Phi) is 8.21. The lowest BCUT2D eigenvalue weighted by molar-refractivity contribution is -0.125. The molecule has 1 heterocycles. The minimum atomic E-state index is -4.21. The van der Waals surface area contributed by atoms with E-state index < -0.39 is 33.7 Å². The minimum Gasteiger partial charge on any atom is -0.355 e. The van der Waals surface area contributed by atoms with Gasteiger partial charge in [-0.1, -0.05) is 31.5 Å². The number of carbonyl (C=O) groups excluding carboxylic acids is 2. The summed E-state index contributed by atoms with van der Waals surface area (Å²) in [5, 5.41) is 4.35. The topological polar surface area (TPSA) is 98.8 Å². The number of halogens is 2. The molecule has 0 spiro atoms. The summed E-state index contributed by atoms with van der Waals surface area (Å²) in [7, 11) is -1.16. The molecule has 2 amide bonds. The monoisotopic (exact) mass is 524 g/mol. The highest BCUT2D eigenvalue weighted by atomic mass is 35.5. The number of hydrazine groups is 1. The van der Waals surface area contributed by atoms with Crippen molar-refractivity contribution in [1.29, 1.82) is 0 Å². The highest BCUT2D eigenvalue weighted by Gasteiger charge is 2.41. The van der Waals surface area contributed by atoms with Crippen molar-refractivity contribution in [3.05, 3.63) is 64.4 Å². The van der Waals surface area contributed by atoms with Crippen molar-refractivity contribution in [3.8, 4) is 0 Å². The van der Waals surface area contributed by atoms with E-state index in [1.165, 1.54) is 48.5 Å². The first kappa shape index (κ1) is 27.1. The van der Waals surface area contributed by atoms with Crippen molar-refractivity contribution in [2.45, 2.75) is 44.2 Å². The molecule has 2 aromatic rings. The van der Waals surface area contributed by atoms with E-state index in [1.54, 1.807) is 7.05 Å². The summed E-state index contributed by atoms with van der Waals surface area (Å²) < 4.78 is 43.7. The number of rotatable bonds is 7. The molecule has 8 nitrogen and oxygen atoms in total. The molecule has 2 N–H and O–H groups in total. The summed E-state index contributed by atoms with van der Waals surface area (Å²) >= 11 is 5.94. The second-order valence-corrected chi connectivity index (χ2v) is 11.7. The second-order valence-electron chi connectivity index (χ2n) is 9.32. The van der Waals surface area contributed by atoms with Gasteiger partial charge in [0, 0.05) is 43.3 Å². The van der Waals surface area contributed by atoms with Crippen LogP contribution in [0.3, 0.4) is 0 Å². The van der Waals surface area contributed by atoms with Crippen LogP contribution < -0.4 is 10.7 Å². The normalized spacial score (nSPS) is 18.1. The lowest BCUT2D eigenvalue weighted by atomic mass is 9.83. The van der Waals surface area contributed by atoms with Gasteiger partial charge in [0.1, 0.15) is 11.9 Å². The lowest BCUT2D eigenvalue weighted by Crippen LogP contribution is -2.49. The van der Waals surface area contributed by atoms with Gasteiger partial charge in [0.2, 0.25) is 15.9 Å². The molecular weight excluding hydrogens is 495 g/mol. The fraction of sp³-hybridized carbons (Fsp3) is 0.417. The first-order valence-electron chi connectivity index (χ1n) is 11.1. The minimum absolute atomic E-state index is 0.0426.